The highest BCUT2D eigenvalue weighted by Gasteiger charge is 2.35. The Bertz CT molecular complexity index is 643. The summed E-state index contributed by atoms with van der Waals surface area (Å²) in [6.07, 6.45) is -2.09. The molecule has 0 aromatic carbocycles. The third-order valence-corrected chi connectivity index (χ3v) is 3.30. The number of morpholine rings is 1. The van der Waals surface area contributed by atoms with Gasteiger partial charge in [0.1, 0.15) is 5.52 Å². The van der Waals surface area contributed by atoms with Gasteiger partial charge in [0.2, 0.25) is 0 Å². The highest BCUT2D eigenvalue weighted by molar-refractivity contribution is 5.69. The molecule has 1 aliphatic heterocycles. The zero-order valence-electron chi connectivity index (χ0n) is 10.9. The number of hydrogen-bond donors (Lipinski definition) is 1. The second-order valence-corrected chi connectivity index (χ2v) is 4.73. The molecule has 0 spiro atoms. The molecule has 1 atom stereocenters. The maximum Gasteiger partial charge on any atom is 0.435 e. The van der Waals surface area contributed by atoms with Crippen LogP contribution in [-0.4, -0.2) is 52.1 Å². The third kappa shape index (κ3) is 2.66. The minimum atomic E-state index is -4.50. The average molecular weight is 302 g/mol. The highest BCUT2D eigenvalue weighted by atomic mass is 19.4. The predicted molar refractivity (Wildman–Crippen MR) is 67.0 cm³/mol. The predicted octanol–water partition coefficient (Wildman–Crippen LogP) is 0.946. The van der Waals surface area contributed by atoms with E-state index >= 15 is 0 Å². The van der Waals surface area contributed by atoms with E-state index in [1.165, 1.54) is 12.4 Å². The molecule has 3 rings (SSSR count). The monoisotopic (exact) mass is 302 g/mol. The number of ether oxygens (including phenoxy) is 1. The molecule has 9 heteroatoms. The largest absolute Gasteiger partial charge is 0.435 e. The van der Waals surface area contributed by atoms with E-state index in [-0.39, 0.29) is 18.2 Å². The number of nitrogens with zero attached hydrogens (tertiary/aromatic N) is 4. The smallest absolute Gasteiger partial charge is 0.394 e. The molecule has 2 aromatic heterocycles. The molecular weight excluding hydrogens is 289 g/mol. The van der Waals surface area contributed by atoms with Gasteiger partial charge in [-0.2, -0.15) is 18.3 Å². The van der Waals surface area contributed by atoms with Gasteiger partial charge in [0.25, 0.3) is 0 Å². The van der Waals surface area contributed by atoms with E-state index in [0.717, 1.165) is 10.6 Å². The van der Waals surface area contributed by atoms with E-state index < -0.39 is 11.9 Å². The SMILES string of the molecule is OCC1CN(c2nccn3nc(C(F)(F)F)cc23)CCO1. The van der Waals surface area contributed by atoms with Crippen molar-refractivity contribution in [2.45, 2.75) is 12.3 Å². The van der Waals surface area contributed by atoms with Gasteiger partial charge < -0.3 is 14.7 Å². The van der Waals surface area contributed by atoms with Gasteiger partial charge in [-0.3, -0.25) is 0 Å². The molecule has 2 aromatic rings. The number of anilines is 1. The molecule has 0 amide bonds. The number of halogens is 3. The van der Waals surface area contributed by atoms with Gasteiger partial charge in [-0.25, -0.2) is 9.50 Å². The molecule has 1 unspecified atom stereocenters. The van der Waals surface area contributed by atoms with E-state index in [0.29, 0.717) is 25.5 Å². The Morgan fingerprint density at radius 1 is 1.43 bits per heavy atom. The first kappa shape index (κ1) is 14.1. The van der Waals surface area contributed by atoms with E-state index in [2.05, 4.69) is 10.1 Å². The lowest BCUT2D eigenvalue weighted by Gasteiger charge is -2.33. The molecule has 0 radical (unpaired) electrons. The molecule has 0 bridgehead atoms. The Balaban J connectivity index is 2.00. The summed E-state index contributed by atoms with van der Waals surface area (Å²) in [5, 5.41) is 12.7. The molecule has 1 fully saturated rings. The van der Waals surface area contributed by atoms with Crippen molar-refractivity contribution in [2.24, 2.45) is 0 Å². The summed E-state index contributed by atoms with van der Waals surface area (Å²) < 4.78 is 44.8. The molecule has 6 nitrogen and oxygen atoms in total. The fraction of sp³-hybridized carbons (Fsp3) is 0.500. The van der Waals surface area contributed by atoms with Gasteiger partial charge in [0.05, 0.1) is 19.3 Å². The Morgan fingerprint density at radius 2 is 2.24 bits per heavy atom. The maximum atomic E-state index is 12.8. The van der Waals surface area contributed by atoms with E-state index in [1.807, 2.05) is 0 Å². The molecule has 114 valence electrons. The summed E-state index contributed by atoms with van der Waals surface area (Å²) in [6, 6.07) is 0.978. The number of rotatable bonds is 2. The van der Waals surface area contributed by atoms with Gasteiger partial charge in [-0.05, 0) is 0 Å². The lowest BCUT2D eigenvalue weighted by atomic mass is 10.2. The lowest BCUT2D eigenvalue weighted by molar-refractivity contribution is -0.141. The van der Waals surface area contributed by atoms with E-state index in [1.54, 1.807) is 4.90 Å². The van der Waals surface area contributed by atoms with Crippen molar-refractivity contribution in [2.75, 3.05) is 31.2 Å². The molecule has 0 saturated carbocycles. The standard InChI is InChI=1S/C12H13F3N4O2/c13-12(14,15)10-5-9-11(16-1-2-19(9)17-10)18-3-4-21-8(6-18)7-20/h1-2,5,8,20H,3-4,6-7H2. The zero-order chi connectivity index (χ0) is 15.0. The Kier molecular flexibility index (Phi) is 3.46. The number of hydrogen-bond acceptors (Lipinski definition) is 5. The minimum absolute atomic E-state index is 0.146. The van der Waals surface area contributed by atoms with Gasteiger partial charge >= 0.3 is 6.18 Å². The highest BCUT2D eigenvalue weighted by Crippen LogP contribution is 2.31. The Labute approximate surface area is 117 Å². The number of aliphatic hydroxyl groups is 1. The van der Waals surface area contributed by atoms with Crippen molar-refractivity contribution in [3.63, 3.8) is 0 Å². The van der Waals surface area contributed by atoms with Crippen LogP contribution in [0, 0.1) is 0 Å². The fourth-order valence-corrected chi connectivity index (χ4v) is 2.31. The van der Waals surface area contributed by atoms with Crippen LogP contribution in [0.15, 0.2) is 18.5 Å². The van der Waals surface area contributed by atoms with Crippen LogP contribution in [0.2, 0.25) is 0 Å². The minimum Gasteiger partial charge on any atom is -0.394 e. The summed E-state index contributed by atoms with van der Waals surface area (Å²) in [7, 11) is 0. The molecule has 21 heavy (non-hydrogen) atoms. The first-order valence-corrected chi connectivity index (χ1v) is 6.38. The van der Waals surface area contributed by atoms with Crippen LogP contribution in [0.3, 0.4) is 0 Å². The average Bonchev–Trinajstić information content (AvgIpc) is 2.91. The topological polar surface area (TPSA) is 62.9 Å². The maximum absolute atomic E-state index is 12.8. The van der Waals surface area contributed by atoms with Crippen molar-refractivity contribution in [1.82, 2.24) is 14.6 Å². The first-order valence-electron chi connectivity index (χ1n) is 6.38. The van der Waals surface area contributed by atoms with Crippen LogP contribution in [0.5, 0.6) is 0 Å². The third-order valence-electron chi connectivity index (χ3n) is 3.30. The van der Waals surface area contributed by atoms with Crippen LogP contribution in [0.1, 0.15) is 5.69 Å². The summed E-state index contributed by atoms with van der Waals surface area (Å²) in [5.74, 6) is 0.405. The zero-order valence-corrected chi connectivity index (χ0v) is 10.9. The number of aromatic nitrogens is 3. The van der Waals surface area contributed by atoms with Crippen molar-refractivity contribution in [3.8, 4) is 0 Å². The molecule has 3 heterocycles. The van der Waals surface area contributed by atoms with Gasteiger partial charge in [-0.15, -0.1) is 0 Å². The molecule has 1 saturated heterocycles. The van der Waals surface area contributed by atoms with Crippen molar-refractivity contribution in [3.05, 3.63) is 24.2 Å². The molecule has 1 aliphatic rings. The molecular formula is C12H13F3N4O2. The van der Waals surface area contributed by atoms with Crippen molar-refractivity contribution in [1.29, 1.82) is 0 Å². The van der Waals surface area contributed by atoms with Gasteiger partial charge in [0.15, 0.2) is 11.5 Å². The summed E-state index contributed by atoms with van der Waals surface area (Å²) in [4.78, 5) is 5.95. The number of aliphatic hydroxyl groups excluding tert-OH is 1. The van der Waals surface area contributed by atoms with Crippen molar-refractivity contribution >= 4 is 11.3 Å². The second kappa shape index (κ2) is 5.15. The molecule has 0 aliphatic carbocycles. The van der Waals surface area contributed by atoms with Crippen LogP contribution in [0.25, 0.3) is 5.52 Å². The summed E-state index contributed by atoms with van der Waals surface area (Å²) in [6.45, 7) is 1.10. The van der Waals surface area contributed by atoms with E-state index in [4.69, 9.17) is 9.84 Å². The second-order valence-electron chi connectivity index (χ2n) is 4.73. The lowest BCUT2D eigenvalue weighted by Crippen LogP contribution is -2.44. The summed E-state index contributed by atoms with van der Waals surface area (Å²) >= 11 is 0. The Hall–Kier alpha value is -1.87. The van der Waals surface area contributed by atoms with Gasteiger partial charge in [-0.1, -0.05) is 0 Å². The number of fused-ring (bicyclic) bond motifs is 1. The number of alkyl halides is 3. The van der Waals surface area contributed by atoms with E-state index in [9.17, 15) is 13.2 Å². The quantitative estimate of drug-likeness (QED) is 0.895. The van der Waals surface area contributed by atoms with Gasteiger partial charge in [0, 0.05) is 31.5 Å². The van der Waals surface area contributed by atoms with Crippen LogP contribution in [0.4, 0.5) is 19.0 Å². The summed E-state index contributed by atoms with van der Waals surface area (Å²) in [5.41, 5.74) is -0.674. The molecule has 1 N–H and O–H groups in total. The fourth-order valence-electron chi connectivity index (χ4n) is 2.31. The van der Waals surface area contributed by atoms with Crippen LogP contribution >= 0.6 is 0 Å². The van der Waals surface area contributed by atoms with Crippen LogP contribution in [-0.2, 0) is 10.9 Å². The normalized spacial score (nSPS) is 20.2. The Morgan fingerprint density at radius 3 is 2.95 bits per heavy atom. The first-order chi connectivity index (χ1) is 9.99. The van der Waals surface area contributed by atoms with Crippen molar-refractivity contribution < 1.29 is 23.0 Å². The van der Waals surface area contributed by atoms with Crippen LogP contribution < -0.4 is 4.90 Å².